The Bertz CT molecular complexity index is 1910. The Labute approximate surface area is 341 Å². The molecule has 256 valence electrons. The molecule has 4 aliphatic rings. The smallest absolute Gasteiger partial charge is 0.543 e. The van der Waals surface area contributed by atoms with Crippen molar-refractivity contribution < 1.29 is 88.5 Å². The zero-order valence-corrected chi connectivity index (χ0v) is 34.0. The van der Waals surface area contributed by atoms with Crippen molar-refractivity contribution in [3.05, 3.63) is 64.0 Å². The number of nitrogens with one attached hydrogen (secondary N) is 2. The number of aromatic nitrogens is 6. The van der Waals surface area contributed by atoms with Crippen LogP contribution in [0.5, 0.6) is 0 Å². The molecular weight excluding hydrogens is 763 g/mol. The molecule has 2 aromatic heterocycles. The van der Waals surface area contributed by atoms with Gasteiger partial charge in [0.25, 0.3) is 0 Å². The molecule has 2 fully saturated rings. The Morgan fingerprint density at radius 3 is 1.40 bits per heavy atom. The Morgan fingerprint density at radius 2 is 1.08 bits per heavy atom. The fourth-order valence-electron chi connectivity index (χ4n) is 4.84. The van der Waals surface area contributed by atoms with E-state index >= 15 is 0 Å². The summed E-state index contributed by atoms with van der Waals surface area (Å²) in [7, 11) is 3.02. The summed E-state index contributed by atoms with van der Waals surface area (Å²) in [5, 5.41) is 27.2. The van der Waals surface area contributed by atoms with Crippen molar-refractivity contribution in [1.82, 2.24) is 39.3 Å². The van der Waals surface area contributed by atoms with E-state index in [0.29, 0.717) is 22.7 Å². The van der Waals surface area contributed by atoms with Gasteiger partial charge in [0.15, 0.2) is 10.3 Å². The van der Waals surface area contributed by atoms with E-state index in [1.54, 1.807) is 0 Å². The van der Waals surface area contributed by atoms with Crippen LogP contribution in [0.25, 0.3) is 0 Å². The summed E-state index contributed by atoms with van der Waals surface area (Å²) >= 11 is 4.89. The van der Waals surface area contributed by atoms with Gasteiger partial charge in [-0.05, 0) is 11.1 Å². The van der Waals surface area contributed by atoms with Crippen LogP contribution in [0.4, 0.5) is 0 Å². The van der Waals surface area contributed by atoms with Crippen molar-refractivity contribution >= 4 is 70.8 Å². The Morgan fingerprint density at radius 1 is 0.740 bits per heavy atom. The van der Waals surface area contributed by atoms with Crippen LogP contribution in [0.2, 0.25) is 0 Å². The first kappa shape index (κ1) is 42.3. The Hall–Kier alpha value is -2.10. The number of hydrogen-bond donors (Lipinski definition) is 4. The van der Waals surface area contributed by atoms with Crippen molar-refractivity contribution in [1.29, 1.82) is 0 Å². The van der Waals surface area contributed by atoms with E-state index in [0.717, 1.165) is 33.3 Å². The second-order valence-electron chi connectivity index (χ2n) is 10.3. The number of amides is 2. The maximum Gasteiger partial charge on any atom is 1.00 e. The molecule has 20 nitrogen and oxygen atoms in total. The second kappa shape index (κ2) is 17.2. The third-order valence-corrected chi connectivity index (χ3v) is 12.2. The third kappa shape index (κ3) is 8.25. The number of carbonyl (C=O) groups is 4. The van der Waals surface area contributed by atoms with Crippen LogP contribution in [0.1, 0.15) is 0 Å². The number of carboxylic acids is 2. The van der Waals surface area contributed by atoms with Gasteiger partial charge in [0.1, 0.15) is 22.8 Å². The van der Waals surface area contributed by atoms with Crippen molar-refractivity contribution in [3.63, 3.8) is 0 Å². The number of H-pyrrole nitrogens is 2. The molecule has 2 unspecified atom stereocenters. The van der Waals surface area contributed by atoms with Crippen molar-refractivity contribution in [2.75, 3.05) is 23.0 Å². The standard InChI is InChI=1S/2C12H13N5O5S2.2Na/c2*1-16-12(14-7(18)8(19)15-16)24-3-4-2-23-10-5(13)9(20)17(10)6(4)11(21)22;;/h2*5,10H,2-3,13H2,1H3,(H,15,19)(H,21,22);;/q;;2*+1/p-2/t2*5?,10-;;/m11../s1. The fraction of sp³-hybridized carbons (Fsp3) is 0.417. The minimum absolute atomic E-state index is 0. The van der Waals surface area contributed by atoms with E-state index in [2.05, 4.69) is 20.2 Å². The number of fused-ring (bicyclic) bond motifs is 2. The monoisotopic (exact) mass is 786 g/mol. The summed E-state index contributed by atoms with van der Waals surface area (Å²) in [6.07, 6.45) is 0. The van der Waals surface area contributed by atoms with Crippen LogP contribution in [0.3, 0.4) is 0 Å². The number of aromatic amines is 2. The predicted molar refractivity (Wildman–Crippen MR) is 168 cm³/mol. The topological polar surface area (TPSA) is 308 Å². The Balaban J connectivity index is 0.000000260. The van der Waals surface area contributed by atoms with Gasteiger partial charge in [-0.25, -0.2) is 0 Å². The van der Waals surface area contributed by atoms with Crippen LogP contribution >= 0.6 is 47.0 Å². The third-order valence-electron chi connectivity index (χ3n) is 7.21. The van der Waals surface area contributed by atoms with E-state index in [-0.39, 0.29) is 92.3 Å². The Kier molecular flexibility index (Phi) is 14.5. The number of rotatable bonds is 8. The van der Waals surface area contributed by atoms with Crippen LogP contribution in [-0.4, -0.2) is 109 Å². The van der Waals surface area contributed by atoms with Crippen LogP contribution in [0.15, 0.2) is 52.0 Å². The molecule has 0 aromatic carbocycles. The first-order chi connectivity index (χ1) is 22.6. The maximum absolute atomic E-state index is 11.8. The van der Waals surface area contributed by atoms with Gasteiger partial charge in [0.05, 0.1) is 23.3 Å². The number of aryl methyl sites for hydroxylation is 2. The summed E-state index contributed by atoms with van der Waals surface area (Å²) in [6, 6.07) is -1.42. The van der Waals surface area contributed by atoms with E-state index in [9.17, 15) is 48.6 Å². The first-order valence-electron chi connectivity index (χ1n) is 13.5. The molecule has 6 N–H and O–H groups in total. The van der Waals surface area contributed by atoms with E-state index in [1.807, 2.05) is 0 Å². The average molecular weight is 787 g/mol. The van der Waals surface area contributed by atoms with Crippen molar-refractivity contribution in [2.45, 2.75) is 33.1 Å². The van der Waals surface area contributed by atoms with Gasteiger partial charge in [0.2, 0.25) is 11.8 Å². The number of hydrogen-bond acceptors (Lipinski definition) is 18. The molecule has 50 heavy (non-hydrogen) atoms. The van der Waals surface area contributed by atoms with Gasteiger partial charge in [-0.2, -0.15) is 9.97 Å². The van der Waals surface area contributed by atoms with Gasteiger partial charge in [0, 0.05) is 37.1 Å². The van der Waals surface area contributed by atoms with Gasteiger partial charge < -0.3 is 31.3 Å². The molecule has 26 heteroatoms. The van der Waals surface area contributed by atoms with Crippen LogP contribution < -0.4 is 103 Å². The minimum Gasteiger partial charge on any atom is -0.543 e. The molecule has 0 spiro atoms. The number of nitrogens with zero attached hydrogens (tertiary/aromatic N) is 6. The summed E-state index contributed by atoms with van der Waals surface area (Å²) in [6.45, 7) is 0. The number of β-lactam (4-membered cyclic amide) rings is 2. The van der Waals surface area contributed by atoms with Gasteiger partial charge >= 0.3 is 81.4 Å². The number of nitrogens with two attached hydrogens (primary N) is 2. The molecule has 4 atom stereocenters. The molecule has 0 aliphatic carbocycles. The summed E-state index contributed by atoms with van der Waals surface area (Å²) in [5.74, 6) is -2.71. The zero-order chi connectivity index (χ0) is 35.2. The van der Waals surface area contributed by atoms with Crippen molar-refractivity contribution in [2.24, 2.45) is 25.6 Å². The molecule has 6 heterocycles. The SMILES string of the molecule is Cn1[nH]c(=O)c(=O)nc1SCC1=C(C(=O)[O-])N2C(=O)C(N)[C@H]2SC1.Cn1[nH]c(=O)c(=O)nc1SCC1=C(C(=O)[O-])N2C(=O)C(N)[C@H]2SC1.[Na+].[Na+]. The average Bonchev–Trinajstić information content (AvgIpc) is 3.05. The predicted octanol–water partition coefficient (Wildman–Crippen LogP) is -12.4. The summed E-state index contributed by atoms with van der Waals surface area (Å²) < 4.78 is 2.55. The van der Waals surface area contributed by atoms with E-state index in [1.165, 1.54) is 47.0 Å². The second-order valence-corrected chi connectivity index (χ2v) is 14.4. The largest absolute Gasteiger partial charge is 1.00 e. The number of carbonyl (C=O) groups excluding carboxylic acids is 4. The normalized spacial score (nSPS) is 22.2. The van der Waals surface area contributed by atoms with Gasteiger partial charge in [-0.15, -0.1) is 23.5 Å². The zero-order valence-electron chi connectivity index (χ0n) is 26.7. The quantitative estimate of drug-likeness (QED) is 0.0835. The maximum atomic E-state index is 11.8. The molecule has 0 bridgehead atoms. The first-order valence-corrected chi connectivity index (χ1v) is 17.6. The molecule has 2 amide bonds. The summed E-state index contributed by atoms with van der Waals surface area (Å²) in [5.41, 5.74) is 8.40. The van der Waals surface area contributed by atoms with Crippen LogP contribution in [0, 0.1) is 0 Å². The molecule has 6 rings (SSSR count). The molecule has 4 aliphatic heterocycles. The van der Waals surface area contributed by atoms with Crippen LogP contribution in [-0.2, 0) is 33.3 Å². The number of aliphatic carboxylic acids is 2. The fourth-order valence-corrected chi connectivity index (χ4v) is 9.54. The van der Waals surface area contributed by atoms with E-state index in [4.69, 9.17) is 11.5 Å². The number of carboxylic acid groups (broad SMARTS) is 2. The molecular formula is C24H24N10Na2O10S4. The molecule has 0 saturated carbocycles. The molecule has 2 aromatic rings. The van der Waals surface area contributed by atoms with Gasteiger partial charge in [-0.1, -0.05) is 23.5 Å². The van der Waals surface area contributed by atoms with E-state index < -0.39 is 68.8 Å². The minimum atomic E-state index is -1.44. The molecule has 2 saturated heterocycles. The number of thioether (sulfide) groups is 4. The summed E-state index contributed by atoms with van der Waals surface area (Å²) in [4.78, 5) is 101. The van der Waals surface area contributed by atoms with Gasteiger partial charge in [-0.3, -0.25) is 58.1 Å². The molecule has 0 radical (unpaired) electrons. The van der Waals surface area contributed by atoms with Crippen molar-refractivity contribution in [3.8, 4) is 0 Å².